The molecule has 1 aromatic carbocycles. The third-order valence-electron chi connectivity index (χ3n) is 3.79. The monoisotopic (exact) mass is 380 g/mol. The first-order valence-electron chi connectivity index (χ1n) is 7.45. The Morgan fingerprint density at radius 1 is 1.08 bits per heavy atom. The number of thiophene rings is 1. The van der Waals surface area contributed by atoms with E-state index in [9.17, 15) is 14.4 Å². The molecule has 0 spiro atoms. The van der Waals surface area contributed by atoms with E-state index in [4.69, 9.17) is 21.1 Å². The minimum Gasteiger partial charge on any atom is -0.468 e. The van der Waals surface area contributed by atoms with Gasteiger partial charge in [-0.05, 0) is 29.1 Å². The van der Waals surface area contributed by atoms with Gasteiger partial charge in [0.05, 0.1) is 19.1 Å². The lowest BCUT2D eigenvalue weighted by Crippen LogP contribution is -2.33. The predicted octanol–water partition coefficient (Wildman–Crippen LogP) is 3.72. The first-order valence-corrected chi connectivity index (χ1v) is 8.71. The third kappa shape index (κ3) is 4.67. The number of esters is 2. The van der Waals surface area contributed by atoms with Crippen molar-refractivity contribution in [3.63, 3.8) is 0 Å². The van der Waals surface area contributed by atoms with Crippen LogP contribution in [-0.2, 0) is 19.1 Å². The van der Waals surface area contributed by atoms with E-state index >= 15 is 0 Å². The van der Waals surface area contributed by atoms with Crippen LogP contribution in [0.25, 0.3) is 0 Å². The average Bonchev–Trinajstić information content (AvgIpc) is 3.15. The van der Waals surface area contributed by atoms with Crippen LogP contribution in [0, 0.1) is 5.92 Å². The summed E-state index contributed by atoms with van der Waals surface area (Å²) in [6.45, 7) is 0. The Kier molecular flexibility index (Phi) is 6.73. The second-order valence-electron chi connectivity index (χ2n) is 5.29. The van der Waals surface area contributed by atoms with E-state index in [-0.39, 0.29) is 12.2 Å². The van der Waals surface area contributed by atoms with Crippen LogP contribution in [-0.4, -0.2) is 31.9 Å². The minimum absolute atomic E-state index is 0.0459. The molecule has 132 valence electrons. The molecule has 0 saturated carbocycles. The number of hydrogen-bond donors (Lipinski definition) is 0. The van der Waals surface area contributed by atoms with Crippen LogP contribution >= 0.6 is 22.9 Å². The zero-order chi connectivity index (χ0) is 18.4. The van der Waals surface area contributed by atoms with E-state index in [1.807, 2.05) is 0 Å². The number of hydrogen-bond acceptors (Lipinski definition) is 6. The summed E-state index contributed by atoms with van der Waals surface area (Å²) in [5.74, 6) is -3.67. The van der Waals surface area contributed by atoms with Crippen LogP contribution in [0.2, 0.25) is 5.02 Å². The van der Waals surface area contributed by atoms with Crippen LogP contribution in [0.4, 0.5) is 0 Å². The van der Waals surface area contributed by atoms with Crippen molar-refractivity contribution in [2.24, 2.45) is 5.92 Å². The molecule has 1 aromatic heterocycles. The van der Waals surface area contributed by atoms with Crippen LogP contribution in [0.1, 0.15) is 27.6 Å². The van der Waals surface area contributed by atoms with E-state index in [0.29, 0.717) is 15.5 Å². The first-order chi connectivity index (χ1) is 12.0. The molecule has 1 atom stereocenters. The second kappa shape index (κ2) is 8.78. The van der Waals surface area contributed by atoms with Gasteiger partial charge in [-0.1, -0.05) is 29.8 Å². The van der Waals surface area contributed by atoms with Crippen LogP contribution in [0.3, 0.4) is 0 Å². The summed E-state index contributed by atoms with van der Waals surface area (Å²) in [4.78, 5) is 37.6. The van der Waals surface area contributed by atoms with E-state index in [1.165, 1.54) is 25.6 Å². The quantitative estimate of drug-likeness (QED) is 0.416. The highest BCUT2D eigenvalue weighted by Gasteiger charge is 2.39. The van der Waals surface area contributed by atoms with Crippen LogP contribution in [0.15, 0.2) is 41.8 Å². The van der Waals surface area contributed by atoms with Gasteiger partial charge in [0.15, 0.2) is 11.7 Å². The molecule has 0 saturated heterocycles. The number of carbonyl (C=O) groups excluding carboxylic acids is 3. The Morgan fingerprint density at radius 2 is 1.76 bits per heavy atom. The lowest BCUT2D eigenvalue weighted by molar-refractivity contribution is -0.159. The van der Waals surface area contributed by atoms with E-state index in [2.05, 4.69) is 0 Å². The van der Waals surface area contributed by atoms with Crippen molar-refractivity contribution in [3.8, 4) is 0 Å². The highest BCUT2D eigenvalue weighted by atomic mass is 35.5. The molecule has 2 rings (SSSR count). The van der Waals surface area contributed by atoms with Gasteiger partial charge in [0, 0.05) is 17.4 Å². The molecule has 0 bridgehead atoms. The molecule has 25 heavy (non-hydrogen) atoms. The summed E-state index contributed by atoms with van der Waals surface area (Å²) in [5.41, 5.74) is 0.596. The Morgan fingerprint density at radius 3 is 2.28 bits per heavy atom. The normalized spacial score (nSPS) is 11.8. The summed E-state index contributed by atoms with van der Waals surface area (Å²) in [5, 5.41) is 2.24. The highest BCUT2D eigenvalue weighted by Crippen LogP contribution is 2.33. The van der Waals surface area contributed by atoms with Gasteiger partial charge >= 0.3 is 11.9 Å². The number of ether oxygens (including phenoxy) is 2. The average molecular weight is 381 g/mol. The summed E-state index contributed by atoms with van der Waals surface area (Å²) in [7, 11) is 2.38. The maximum absolute atomic E-state index is 12.6. The molecule has 0 aliphatic rings. The fourth-order valence-electron chi connectivity index (χ4n) is 2.58. The third-order valence-corrected chi connectivity index (χ3v) is 4.94. The van der Waals surface area contributed by atoms with Crippen LogP contribution in [0.5, 0.6) is 0 Å². The van der Waals surface area contributed by atoms with Gasteiger partial charge in [-0.2, -0.15) is 0 Å². The molecule has 0 amide bonds. The first kappa shape index (κ1) is 19.1. The number of halogens is 1. The zero-order valence-electron chi connectivity index (χ0n) is 13.7. The van der Waals surface area contributed by atoms with Crippen LogP contribution < -0.4 is 0 Å². The summed E-state index contributed by atoms with van der Waals surface area (Å²) in [6.07, 6.45) is -0.0459. The van der Waals surface area contributed by atoms with Crippen molar-refractivity contribution in [2.75, 3.05) is 14.2 Å². The molecule has 0 unspecified atom stereocenters. The predicted molar refractivity (Wildman–Crippen MR) is 95.0 cm³/mol. The molecule has 5 nitrogen and oxygen atoms in total. The molecule has 7 heteroatoms. The van der Waals surface area contributed by atoms with Gasteiger partial charge in [0.1, 0.15) is 0 Å². The fourth-order valence-corrected chi connectivity index (χ4v) is 3.46. The number of methoxy groups -OCH3 is 2. The number of rotatable bonds is 7. The van der Waals surface area contributed by atoms with Gasteiger partial charge < -0.3 is 9.47 Å². The molecular weight excluding hydrogens is 364 g/mol. The molecule has 0 aliphatic heterocycles. The van der Waals surface area contributed by atoms with Crippen molar-refractivity contribution >= 4 is 40.7 Å². The van der Waals surface area contributed by atoms with Crippen molar-refractivity contribution < 1.29 is 23.9 Å². The number of benzene rings is 1. The fraction of sp³-hybridized carbons (Fsp3) is 0.278. The Balaban J connectivity index is 2.44. The van der Waals surface area contributed by atoms with Crippen molar-refractivity contribution in [3.05, 3.63) is 57.2 Å². The van der Waals surface area contributed by atoms with E-state index in [0.717, 1.165) is 0 Å². The summed E-state index contributed by atoms with van der Waals surface area (Å²) < 4.78 is 9.52. The summed E-state index contributed by atoms with van der Waals surface area (Å²) in [6, 6.07) is 10.2. The smallest absolute Gasteiger partial charge is 0.320 e. The number of carbonyl (C=O) groups is 3. The highest BCUT2D eigenvalue weighted by molar-refractivity contribution is 7.12. The standard InChI is InChI=1S/C18H17ClO5S/c1-23-17(21)16(18(22)24-2)13(11-5-3-6-12(19)9-11)10-14(20)15-7-4-8-25-15/h3-9,13,16H,10H2,1-2H3/t13-/m0/s1. The zero-order valence-corrected chi connectivity index (χ0v) is 15.3. The Hall–Kier alpha value is -2.18. The number of ketones is 1. The largest absolute Gasteiger partial charge is 0.468 e. The van der Waals surface area contributed by atoms with E-state index in [1.54, 1.807) is 41.8 Å². The van der Waals surface area contributed by atoms with E-state index < -0.39 is 23.8 Å². The molecule has 0 fully saturated rings. The maximum Gasteiger partial charge on any atom is 0.320 e. The molecule has 0 aliphatic carbocycles. The van der Waals surface area contributed by atoms with Crippen molar-refractivity contribution in [2.45, 2.75) is 12.3 Å². The van der Waals surface area contributed by atoms with Gasteiger partial charge in [-0.3, -0.25) is 14.4 Å². The molecule has 1 heterocycles. The lowest BCUT2D eigenvalue weighted by Gasteiger charge is -2.23. The number of Topliss-reactive ketones (excluding diaryl/α,β-unsaturated/α-hetero) is 1. The van der Waals surface area contributed by atoms with Crippen molar-refractivity contribution in [1.29, 1.82) is 0 Å². The maximum atomic E-state index is 12.6. The Labute approximate surface area is 154 Å². The lowest BCUT2D eigenvalue weighted by atomic mass is 9.82. The topological polar surface area (TPSA) is 69.7 Å². The second-order valence-corrected chi connectivity index (χ2v) is 6.67. The SMILES string of the molecule is COC(=O)C(C(=O)OC)[C@@H](CC(=O)c1cccs1)c1cccc(Cl)c1. The van der Waals surface area contributed by atoms with Gasteiger partial charge in [0.2, 0.25) is 0 Å². The minimum atomic E-state index is -1.25. The molecule has 0 N–H and O–H groups in total. The Bertz CT molecular complexity index is 741. The van der Waals surface area contributed by atoms with Crippen molar-refractivity contribution in [1.82, 2.24) is 0 Å². The molecule has 2 aromatic rings. The van der Waals surface area contributed by atoms with Gasteiger partial charge in [-0.25, -0.2) is 0 Å². The summed E-state index contributed by atoms with van der Waals surface area (Å²) >= 11 is 7.34. The van der Waals surface area contributed by atoms with Gasteiger partial charge in [-0.15, -0.1) is 11.3 Å². The molecule has 0 radical (unpaired) electrons. The molecular formula is C18H17ClO5S. The van der Waals surface area contributed by atoms with Gasteiger partial charge in [0.25, 0.3) is 0 Å².